The fourth-order valence-corrected chi connectivity index (χ4v) is 3.44. The summed E-state index contributed by atoms with van der Waals surface area (Å²) in [5.74, 6) is 0.970. The number of rotatable bonds is 2. The van der Waals surface area contributed by atoms with Crippen LogP contribution < -0.4 is 10.3 Å². The fraction of sp³-hybridized carbons (Fsp3) is 0.316. The monoisotopic (exact) mass is 353 g/mol. The molecule has 4 rings (SSSR count). The van der Waals surface area contributed by atoms with E-state index in [9.17, 15) is 9.59 Å². The van der Waals surface area contributed by atoms with Gasteiger partial charge >= 0.3 is 0 Å². The lowest BCUT2D eigenvalue weighted by atomic mass is 9.98. The minimum atomic E-state index is -0.283. The summed E-state index contributed by atoms with van der Waals surface area (Å²) in [7, 11) is 3.23. The van der Waals surface area contributed by atoms with E-state index in [4.69, 9.17) is 9.15 Å². The molecule has 0 bridgehead atoms. The third kappa shape index (κ3) is 2.47. The minimum Gasteiger partial charge on any atom is -0.497 e. The van der Waals surface area contributed by atoms with Crippen LogP contribution in [0.3, 0.4) is 0 Å². The van der Waals surface area contributed by atoms with Crippen LogP contribution in [0.5, 0.6) is 5.75 Å². The number of carbonyl (C=O) groups is 1. The van der Waals surface area contributed by atoms with E-state index in [0.29, 0.717) is 24.4 Å². The van der Waals surface area contributed by atoms with Crippen molar-refractivity contribution in [2.24, 2.45) is 7.05 Å². The summed E-state index contributed by atoms with van der Waals surface area (Å²) in [6, 6.07) is 5.92. The number of amides is 1. The molecule has 0 atom stereocenters. The topological polar surface area (TPSA) is 77.6 Å². The van der Waals surface area contributed by atoms with Crippen LogP contribution in [0.15, 0.2) is 33.7 Å². The molecule has 1 aromatic carbocycles. The zero-order chi connectivity index (χ0) is 18.4. The Hall–Kier alpha value is -3.09. The average molecular weight is 353 g/mol. The summed E-state index contributed by atoms with van der Waals surface area (Å²) < 4.78 is 12.2. The van der Waals surface area contributed by atoms with Crippen LogP contribution in [-0.2, 0) is 20.0 Å². The van der Waals surface area contributed by atoms with E-state index >= 15 is 0 Å². The molecule has 0 fully saturated rings. The Labute approximate surface area is 149 Å². The van der Waals surface area contributed by atoms with Gasteiger partial charge in [-0.15, -0.1) is 0 Å². The molecule has 134 valence electrons. The highest BCUT2D eigenvalue weighted by Crippen LogP contribution is 2.27. The van der Waals surface area contributed by atoms with Crippen LogP contribution in [0.4, 0.5) is 0 Å². The van der Waals surface area contributed by atoms with Gasteiger partial charge in [-0.2, -0.15) is 0 Å². The SMILES string of the molecule is COc1ccc2c(c1)CN(C(=O)c1c(C)oc3ncn(C)c(=O)c13)CC2. The first-order valence-corrected chi connectivity index (χ1v) is 8.39. The molecule has 1 amide bonds. The average Bonchev–Trinajstić information content (AvgIpc) is 3.00. The zero-order valence-electron chi connectivity index (χ0n) is 14.9. The molecule has 26 heavy (non-hydrogen) atoms. The molecule has 0 saturated heterocycles. The number of aryl methyl sites for hydroxylation is 2. The summed E-state index contributed by atoms with van der Waals surface area (Å²) in [6.07, 6.45) is 2.15. The van der Waals surface area contributed by atoms with Gasteiger partial charge < -0.3 is 18.6 Å². The van der Waals surface area contributed by atoms with Gasteiger partial charge in [-0.05, 0) is 36.6 Å². The van der Waals surface area contributed by atoms with Crippen molar-refractivity contribution in [2.45, 2.75) is 19.9 Å². The lowest BCUT2D eigenvalue weighted by molar-refractivity contribution is 0.0734. The van der Waals surface area contributed by atoms with E-state index in [1.165, 1.54) is 16.5 Å². The number of nitrogens with zero attached hydrogens (tertiary/aromatic N) is 3. The van der Waals surface area contributed by atoms with Crippen molar-refractivity contribution in [3.63, 3.8) is 0 Å². The van der Waals surface area contributed by atoms with Crippen LogP contribution in [-0.4, -0.2) is 34.0 Å². The lowest BCUT2D eigenvalue weighted by Gasteiger charge is -2.29. The van der Waals surface area contributed by atoms with Crippen LogP contribution in [0.25, 0.3) is 11.1 Å². The Bertz CT molecular complexity index is 1080. The lowest BCUT2D eigenvalue weighted by Crippen LogP contribution is -2.36. The van der Waals surface area contributed by atoms with Gasteiger partial charge in [0.1, 0.15) is 23.2 Å². The molecule has 1 aliphatic rings. The first kappa shape index (κ1) is 16.4. The molecule has 2 aromatic heterocycles. The number of hydrogen-bond donors (Lipinski definition) is 0. The summed E-state index contributed by atoms with van der Waals surface area (Å²) in [6.45, 7) is 2.75. The van der Waals surface area contributed by atoms with Crippen molar-refractivity contribution in [1.29, 1.82) is 0 Å². The first-order valence-electron chi connectivity index (χ1n) is 8.39. The van der Waals surface area contributed by atoms with Gasteiger partial charge in [0, 0.05) is 20.1 Å². The highest BCUT2D eigenvalue weighted by atomic mass is 16.5. The van der Waals surface area contributed by atoms with Crippen molar-refractivity contribution in [3.8, 4) is 5.75 Å². The van der Waals surface area contributed by atoms with Crippen molar-refractivity contribution in [1.82, 2.24) is 14.5 Å². The van der Waals surface area contributed by atoms with Crippen molar-refractivity contribution in [3.05, 3.63) is 57.3 Å². The van der Waals surface area contributed by atoms with E-state index < -0.39 is 0 Å². The molecule has 3 aromatic rings. The second kappa shape index (κ2) is 6.01. The molecule has 0 unspecified atom stereocenters. The standard InChI is InChI=1S/C19H19N3O4/c1-11-15(16-17(26-11)20-10-21(2)18(16)23)19(24)22-7-6-12-4-5-14(25-3)8-13(12)9-22/h4-5,8,10H,6-7,9H2,1-3H3. The van der Waals surface area contributed by atoms with Crippen LogP contribution in [0.2, 0.25) is 0 Å². The molecule has 0 N–H and O–H groups in total. The number of methoxy groups -OCH3 is 1. The van der Waals surface area contributed by atoms with Crippen molar-refractivity contribution in [2.75, 3.05) is 13.7 Å². The Kier molecular flexibility index (Phi) is 3.79. The Morgan fingerprint density at radius 1 is 1.31 bits per heavy atom. The van der Waals surface area contributed by atoms with Gasteiger partial charge in [0.25, 0.3) is 11.5 Å². The zero-order valence-corrected chi connectivity index (χ0v) is 14.9. The highest BCUT2D eigenvalue weighted by Gasteiger charge is 2.28. The molecule has 7 heteroatoms. The fourth-order valence-electron chi connectivity index (χ4n) is 3.44. The van der Waals surface area contributed by atoms with Gasteiger partial charge in [0.15, 0.2) is 0 Å². The number of benzene rings is 1. The van der Waals surface area contributed by atoms with E-state index in [-0.39, 0.29) is 22.6 Å². The number of carbonyl (C=O) groups excluding carboxylic acids is 1. The van der Waals surface area contributed by atoms with E-state index in [0.717, 1.165) is 17.7 Å². The Morgan fingerprint density at radius 2 is 2.12 bits per heavy atom. The van der Waals surface area contributed by atoms with Gasteiger partial charge in [-0.25, -0.2) is 4.98 Å². The predicted octanol–water partition coefficient (Wildman–Crippen LogP) is 2.04. The maximum absolute atomic E-state index is 13.2. The maximum atomic E-state index is 13.2. The smallest absolute Gasteiger partial charge is 0.265 e. The quantitative estimate of drug-likeness (QED) is 0.705. The molecule has 3 heterocycles. The minimum absolute atomic E-state index is 0.202. The number of fused-ring (bicyclic) bond motifs is 2. The molecular weight excluding hydrogens is 334 g/mol. The summed E-state index contributed by atoms with van der Waals surface area (Å²) in [5, 5.41) is 0.244. The molecule has 0 saturated carbocycles. The molecule has 1 aliphatic heterocycles. The van der Waals surface area contributed by atoms with E-state index in [1.54, 1.807) is 26.0 Å². The second-order valence-electron chi connectivity index (χ2n) is 6.49. The normalized spacial score (nSPS) is 13.7. The maximum Gasteiger partial charge on any atom is 0.265 e. The van der Waals surface area contributed by atoms with Gasteiger partial charge in [-0.1, -0.05) is 6.07 Å². The Morgan fingerprint density at radius 3 is 2.88 bits per heavy atom. The highest BCUT2D eigenvalue weighted by molar-refractivity contribution is 6.06. The number of furan rings is 1. The molecular formula is C19H19N3O4. The van der Waals surface area contributed by atoms with Gasteiger partial charge in [-0.3, -0.25) is 9.59 Å². The largest absolute Gasteiger partial charge is 0.497 e. The number of hydrogen-bond acceptors (Lipinski definition) is 5. The number of ether oxygens (including phenoxy) is 1. The molecule has 0 aliphatic carbocycles. The molecule has 0 radical (unpaired) electrons. The summed E-state index contributed by atoms with van der Waals surface area (Å²) >= 11 is 0. The molecule has 0 spiro atoms. The van der Waals surface area contributed by atoms with Crippen LogP contribution in [0.1, 0.15) is 27.2 Å². The van der Waals surface area contributed by atoms with Crippen molar-refractivity contribution < 1.29 is 13.9 Å². The second-order valence-corrected chi connectivity index (χ2v) is 6.49. The predicted molar refractivity (Wildman–Crippen MR) is 95.4 cm³/mol. The first-order chi connectivity index (χ1) is 12.5. The van der Waals surface area contributed by atoms with E-state index in [2.05, 4.69) is 4.98 Å². The van der Waals surface area contributed by atoms with Crippen LogP contribution >= 0.6 is 0 Å². The van der Waals surface area contributed by atoms with Gasteiger partial charge in [0.05, 0.1) is 12.7 Å². The summed E-state index contributed by atoms with van der Waals surface area (Å²) in [5.41, 5.74) is 2.49. The Balaban J connectivity index is 1.75. The number of aromatic nitrogens is 2. The third-order valence-electron chi connectivity index (χ3n) is 4.87. The van der Waals surface area contributed by atoms with Crippen molar-refractivity contribution >= 4 is 17.0 Å². The van der Waals surface area contributed by atoms with Gasteiger partial charge in [0.2, 0.25) is 5.71 Å². The summed E-state index contributed by atoms with van der Waals surface area (Å²) in [4.78, 5) is 31.5. The van der Waals surface area contributed by atoms with E-state index in [1.807, 2.05) is 18.2 Å². The third-order valence-corrected chi connectivity index (χ3v) is 4.87. The van der Waals surface area contributed by atoms with Crippen LogP contribution in [0, 0.1) is 6.92 Å². The molecule has 7 nitrogen and oxygen atoms in total.